The molecule has 1 amide bonds. The van der Waals surface area contributed by atoms with Crippen LogP contribution < -0.4 is 5.32 Å². The molecule has 4 rings (SSSR count). The molecule has 270 valence electrons. The van der Waals surface area contributed by atoms with Crippen LogP contribution >= 0.6 is 0 Å². The number of carbonyl (C=O) groups is 3. The van der Waals surface area contributed by atoms with Crippen LogP contribution in [0.5, 0.6) is 0 Å². The van der Waals surface area contributed by atoms with Gasteiger partial charge in [0.2, 0.25) is 0 Å². The van der Waals surface area contributed by atoms with Gasteiger partial charge in [0.25, 0.3) is 0 Å². The molecule has 0 radical (unpaired) electrons. The van der Waals surface area contributed by atoms with Gasteiger partial charge in [0.15, 0.2) is 11.7 Å². The van der Waals surface area contributed by atoms with Crippen molar-refractivity contribution in [2.75, 3.05) is 13.1 Å². The van der Waals surface area contributed by atoms with Crippen LogP contribution in [0.3, 0.4) is 0 Å². The van der Waals surface area contributed by atoms with Crippen LogP contribution in [0.2, 0.25) is 0 Å². The summed E-state index contributed by atoms with van der Waals surface area (Å²) >= 11 is 0. The molecule has 0 aromatic heterocycles. The fraction of sp³-hybridized carbons (Fsp3) is 0.750. The predicted molar refractivity (Wildman–Crippen MR) is 178 cm³/mol. The average molecular weight is 677 g/mol. The van der Waals surface area contributed by atoms with E-state index in [1.807, 2.05) is 27.7 Å². The average Bonchev–Trinajstić information content (AvgIpc) is 3.40. The van der Waals surface area contributed by atoms with E-state index in [0.29, 0.717) is 31.5 Å². The first kappa shape index (κ1) is 38.0. The van der Waals surface area contributed by atoms with Crippen molar-refractivity contribution in [3.8, 4) is 0 Å². The van der Waals surface area contributed by atoms with Gasteiger partial charge in [0.1, 0.15) is 6.10 Å². The monoisotopic (exact) mass is 676 g/mol. The van der Waals surface area contributed by atoms with E-state index in [-0.39, 0.29) is 49.5 Å². The summed E-state index contributed by atoms with van der Waals surface area (Å²) in [5.74, 6) is -1.55. The number of fused-ring (bicyclic) bond motifs is 2. The number of carbonyl (C=O) groups excluding carboxylic acids is 3. The van der Waals surface area contributed by atoms with Crippen LogP contribution in [0.4, 0.5) is 4.79 Å². The van der Waals surface area contributed by atoms with Gasteiger partial charge in [-0.3, -0.25) is 9.59 Å². The zero-order valence-electron chi connectivity index (χ0n) is 29.5. The molecule has 4 aliphatic rings. The quantitative estimate of drug-likeness (QED) is 0.0881. The number of allylic oxidation sites excluding steroid dienone is 2. The summed E-state index contributed by atoms with van der Waals surface area (Å²) in [5, 5.41) is 35.4. The summed E-state index contributed by atoms with van der Waals surface area (Å²) < 4.78 is 23.4. The Bertz CT molecular complexity index is 1250. The Balaban J connectivity index is 1.50. The van der Waals surface area contributed by atoms with Gasteiger partial charge in [-0.25, -0.2) is 4.79 Å². The minimum absolute atomic E-state index is 0.0196. The third-order valence-electron chi connectivity index (χ3n) is 10.3. The number of amides is 1. The minimum atomic E-state index is -1.32. The number of hydrogen-bond acceptors (Lipinski definition) is 11. The smallest absolute Gasteiger partial charge is 0.410 e. The third-order valence-corrected chi connectivity index (χ3v) is 10.3. The van der Waals surface area contributed by atoms with Crippen molar-refractivity contribution in [2.24, 2.45) is 11.8 Å². The van der Waals surface area contributed by atoms with Gasteiger partial charge in [-0.1, -0.05) is 45.1 Å². The number of esters is 2. The van der Waals surface area contributed by atoms with Crippen molar-refractivity contribution in [2.45, 2.75) is 147 Å². The molecule has 12 nitrogen and oxygen atoms in total. The summed E-state index contributed by atoms with van der Waals surface area (Å²) in [6.07, 6.45) is 6.48. The lowest BCUT2D eigenvalue weighted by atomic mass is 9.88. The minimum Gasteiger partial charge on any atom is -0.457 e. The summed E-state index contributed by atoms with van der Waals surface area (Å²) in [5.41, 5.74) is -1.80. The number of cyclic esters (lactones) is 1. The maximum atomic E-state index is 13.4. The van der Waals surface area contributed by atoms with Crippen molar-refractivity contribution in [3.63, 3.8) is 0 Å². The molecule has 4 N–H and O–H groups in total. The molecule has 3 saturated heterocycles. The Morgan fingerprint density at radius 2 is 2.02 bits per heavy atom. The van der Waals surface area contributed by atoms with Crippen LogP contribution in [0, 0.1) is 11.8 Å². The molecule has 4 heterocycles. The van der Waals surface area contributed by atoms with Crippen molar-refractivity contribution in [3.05, 3.63) is 36.0 Å². The highest BCUT2D eigenvalue weighted by atomic mass is 16.6. The first-order valence-corrected chi connectivity index (χ1v) is 17.4. The number of nitrogens with one attached hydrogen (secondary N) is 1. The fourth-order valence-corrected chi connectivity index (χ4v) is 7.12. The summed E-state index contributed by atoms with van der Waals surface area (Å²) in [6, 6.07) is 0.267. The molecule has 0 aliphatic carbocycles. The van der Waals surface area contributed by atoms with Gasteiger partial charge >= 0.3 is 18.0 Å². The van der Waals surface area contributed by atoms with E-state index in [0.717, 1.165) is 6.42 Å². The maximum Gasteiger partial charge on any atom is 0.410 e. The molecule has 0 aromatic carbocycles. The van der Waals surface area contributed by atoms with Gasteiger partial charge in [0, 0.05) is 50.4 Å². The number of ether oxygens (including phenoxy) is 4. The zero-order chi connectivity index (χ0) is 35.4. The Labute approximate surface area is 284 Å². The highest BCUT2D eigenvalue weighted by molar-refractivity contribution is 5.71. The predicted octanol–water partition coefficient (Wildman–Crippen LogP) is 3.33. The molecule has 48 heavy (non-hydrogen) atoms. The lowest BCUT2D eigenvalue weighted by molar-refractivity contribution is -0.158. The van der Waals surface area contributed by atoms with Crippen LogP contribution in [0.1, 0.15) is 87.0 Å². The molecule has 0 aromatic rings. The zero-order valence-corrected chi connectivity index (χ0v) is 29.5. The highest BCUT2D eigenvalue weighted by Gasteiger charge is 2.48. The molecule has 0 saturated carbocycles. The van der Waals surface area contributed by atoms with E-state index in [9.17, 15) is 29.7 Å². The van der Waals surface area contributed by atoms with Crippen molar-refractivity contribution in [1.82, 2.24) is 10.2 Å². The molecule has 3 fully saturated rings. The lowest BCUT2D eigenvalue weighted by Gasteiger charge is -2.38. The first-order valence-electron chi connectivity index (χ1n) is 17.4. The van der Waals surface area contributed by atoms with E-state index in [1.54, 1.807) is 49.1 Å². The van der Waals surface area contributed by atoms with Gasteiger partial charge in [-0.2, -0.15) is 0 Å². The number of rotatable bonds is 10. The van der Waals surface area contributed by atoms with E-state index in [4.69, 9.17) is 18.9 Å². The van der Waals surface area contributed by atoms with Crippen molar-refractivity contribution < 1.29 is 48.7 Å². The number of aliphatic hydroxyl groups excluding tert-OH is 2. The first-order chi connectivity index (χ1) is 22.5. The van der Waals surface area contributed by atoms with Gasteiger partial charge in [-0.05, 0) is 58.1 Å². The number of piperazine rings is 1. The van der Waals surface area contributed by atoms with Gasteiger partial charge < -0.3 is 44.5 Å². The maximum absolute atomic E-state index is 13.4. The van der Waals surface area contributed by atoms with Crippen molar-refractivity contribution in [1.29, 1.82) is 0 Å². The number of nitrogens with zero attached hydrogens (tertiary/aromatic N) is 1. The Morgan fingerprint density at radius 3 is 2.65 bits per heavy atom. The van der Waals surface area contributed by atoms with Gasteiger partial charge in [-0.15, -0.1) is 0 Å². The third kappa shape index (κ3) is 9.90. The standard InChI is InChI=1S/C36H56N2O10/c1-8-28(41)23(4)33-29(46-33)18-35(6,44)14-9-10-21(2)32-22(3)11-12-30(45-24(5)39)36(7,15-13-27(40)17-31(42)47-32)48-34(43)38-20-25-16-26(38)19-37-25/h9-12,14,22-23,25-30,32-33,37,40-41,44H,8,13,15-20H2,1-7H3/b12-11-,14-9+,21-10+/t22-,23+,25?,26?,27+,28-,29+,30-,32+,33+,35-,36+/m0/s1. The second-order valence-corrected chi connectivity index (χ2v) is 14.7. The number of likely N-dealkylation sites (tertiary alicyclic amines) is 1. The Kier molecular flexibility index (Phi) is 12.6. The van der Waals surface area contributed by atoms with Crippen LogP contribution in [-0.4, -0.2) is 111 Å². The molecule has 12 atom stereocenters. The number of aliphatic hydroxyl groups is 3. The largest absolute Gasteiger partial charge is 0.457 e. The normalized spacial score (nSPS) is 37.5. The topological polar surface area (TPSA) is 167 Å². The molecule has 12 heteroatoms. The summed E-state index contributed by atoms with van der Waals surface area (Å²) in [6.45, 7) is 13.4. The SMILES string of the molecule is CC[C@H](O)[C@@H](C)[C@H]1O[C@@H]1C[C@@](C)(O)/C=C/C=C(\C)[C@H]1OC(=O)C[C@H](O)CC[C@@](C)(OC(=O)N2CC3CC2CN3)[C@@H](OC(C)=O)/C=C\[C@@H]1C. The van der Waals surface area contributed by atoms with E-state index in [2.05, 4.69) is 5.32 Å². The summed E-state index contributed by atoms with van der Waals surface area (Å²) in [4.78, 5) is 40.4. The highest BCUT2D eigenvalue weighted by Crippen LogP contribution is 2.38. The molecule has 2 unspecified atom stereocenters. The van der Waals surface area contributed by atoms with E-state index < -0.39 is 59.6 Å². The van der Waals surface area contributed by atoms with Crippen LogP contribution in [0.25, 0.3) is 0 Å². The fourth-order valence-electron chi connectivity index (χ4n) is 7.12. The molecule has 4 aliphatic heterocycles. The van der Waals surface area contributed by atoms with Crippen molar-refractivity contribution >= 4 is 18.0 Å². The van der Waals surface area contributed by atoms with Gasteiger partial charge in [0.05, 0.1) is 36.4 Å². The Hall–Kier alpha value is -2.77. The molecular weight excluding hydrogens is 620 g/mol. The molecular formula is C36H56N2O10. The lowest BCUT2D eigenvalue weighted by Crippen LogP contribution is -2.52. The van der Waals surface area contributed by atoms with E-state index in [1.165, 1.54) is 6.92 Å². The Morgan fingerprint density at radius 1 is 1.29 bits per heavy atom. The molecule has 0 spiro atoms. The number of epoxide rings is 1. The second kappa shape index (κ2) is 15.8. The van der Waals surface area contributed by atoms with E-state index >= 15 is 0 Å². The van der Waals surface area contributed by atoms with Crippen LogP contribution in [-0.2, 0) is 28.5 Å². The summed E-state index contributed by atoms with van der Waals surface area (Å²) in [7, 11) is 0. The number of hydrogen-bond donors (Lipinski definition) is 4. The second-order valence-electron chi connectivity index (χ2n) is 14.7. The molecule has 2 bridgehead atoms. The van der Waals surface area contributed by atoms with Crippen LogP contribution in [0.15, 0.2) is 36.0 Å².